The molecule has 1 aromatic carbocycles. The molecule has 0 unspecified atom stereocenters. The Morgan fingerprint density at radius 1 is 1.17 bits per heavy atom. The summed E-state index contributed by atoms with van der Waals surface area (Å²) in [4.78, 5) is 32.8. The largest absolute Gasteiger partial charge is 0.384 e. The fourth-order valence-electron chi connectivity index (χ4n) is 5.32. The van der Waals surface area contributed by atoms with Crippen molar-refractivity contribution in [2.75, 3.05) is 31.6 Å². The number of hydrogen-bond donors (Lipinski definition) is 4. The van der Waals surface area contributed by atoms with Crippen molar-refractivity contribution in [1.29, 1.82) is 0 Å². The van der Waals surface area contributed by atoms with Gasteiger partial charge in [-0.25, -0.2) is 18.1 Å². The molecule has 2 fully saturated rings. The highest BCUT2D eigenvalue weighted by molar-refractivity contribution is 7.88. The summed E-state index contributed by atoms with van der Waals surface area (Å²) in [6.45, 7) is 2.49. The second-order valence-electron chi connectivity index (χ2n) is 10.8. The summed E-state index contributed by atoms with van der Waals surface area (Å²) < 4.78 is 33.1. The first-order valence-corrected chi connectivity index (χ1v) is 16.2. The molecule has 1 aromatic heterocycles. The molecule has 224 valence electrons. The number of nitrogens with zero attached hydrogens (tertiary/aromatic N) is 2. The van der Waals surface area contributed by atoms with Gasteiger partial charge < -0.3 is 26.0 Å². The molecule has 2 amide bonds. The number of nitrogen functional groups attached to an aromatic ring is 1. The van der Waals surface area contributed by atoms with Gasteiger partial charge in [0.05, 0.1) is 19.0 Å². The van der Waals surface area contributed by atoms with Crippen LogP contribution in [0.5, 0.6) is 0 Å². The number of nitrogens with one attached hydrogen (secondary N) is 3. The number of ether oxygens (including phenoxy) is 1. The zero-order valence-electron chi connectivity index (χ0n) is 23.2. The van der Waals surface area contributed by atoms with E-state index in [9.17, 15) is 18.0 Å². The molecule has 2 aliphatic rings. The summed E-state index contributed by atoms with van der Waals surface area (Å²) in [7, 11) is -3.67. The lowest BCUT2D eigenvalue weighted by Crippen LogP contribution is -2.53. The number of piperidine rings is 1. The SMILES string of the molecule is CS(=O)(=O)N[C@H](CCC1CCNCC1)C(=O)N1C[C@H](OCc2ccc(Cl)cc2)C[C@@H]1C(=O)NCc1ccc(N)nc1. The van der Waals surface area contributed by atoms with Crippen molar-refractivity contribution in [3.05, 3.63) is 58.7 Å². The molecular formula is C28H39ClN6O5S. The Balaban J connectivity index is 1.48. The van der Waals surface area contributed by atoms with Gasteiger partial charge in [0.1, 0.15) is 17.9 Å². The van der Waals surface area contributed by atoms with E-state index in [-0.39, 0.29) is 32.0 Å². The first-order chi connectivity index (χ1) is 19.6. The fourth-order valence-corrected chi connectivity index (χ4v) is 6.18. The number of aromatic nitrogens is 1. The minimum Gasteiger partial charge on any atom is -0.384 e. The number of likely N-dealkylation sites (tertiary alicyclic amines) is 1. The van der Waals surface area contributed by atoms with Crippen LogP contribution in [-0.4, -0.2) is 74.2 Å². The second-order valence-corrected chi connectivity index (χ2v) is 13.0. The van der Waals surface area contributed by atoms with E-state index < -0.39 is 34.1 Å². The Labute approximate surface area is 246 Å². The Bertz CT molecular complexity index is 1270. The Hall–Kier alpha value is -2.77. The monoisotopic (exact) mass is 606 g/mol. The van der Waals surface area contributed by atoms with Crippen LogP contribution in [0.1, 0.15) is 43.2 Å². The molecule has 0 saturated carbocycles. The average molecular weight is 607 g/mol. The minimum absolute atomic E-state index is 0.170. The maximum Gasteiger partial charge on any atom is 0.243 e. The number of sulfonamides is 1. The lowest BCUT2D eigenvalue weighted by atomic mass is 9.91. The minimum atomic E-state index is -3.67. The van der Waals surface area contributed by atoms with E-state index in [1.165, 1.54) is 4.90 Å². The smallest absolute Gasteiger partial charge is 0.243 e. The van der Waals surface area contributed by atoms with Crippen LogP contribution in [-0.2, 0) is 37.5 Å². The molecule has 0 aliphatic carbocycles. The molecule has 0 bridgehead atoms. The van der Waals surface area contributed by atoms with Crippen LogP contribution in [0.3, 0.4) is 0 Å². The lowest BCUT2D eigenvalue weighted by molar-refractivity contribution is -0.140. The number of rotatable bonds is 12. The topological polar surface area (TPSA) is 156 Å². The predicted octanol–water partition coefficient (Wildman–Crippen LogP) is 1.82. The van der Waals surface area contributed by atoms with E-state index >= 15 is 0 Å². The van der Waals surface area contributed by atoms with E-state index in [1.54, 1.807) is 30.5 Å². The summed E-state index contributed by atoms with van der Waals surface area (Å²) in [6, 6.07) is 8.90. The van der Waals surface area contributed by atoms with Gasteiger partial charge in [-0.1, -0.05) is 29.8 Å². The van der Waals surface area contributed by atoms with Gasteiger partial charge in [0.25, 0.3) is 0 Å². The van der Waals surface area contributed by atoms with Gasteiger partial charge in [-0.05, 0) is 74.0 Å². The van der Waals surface area contributed by atoms with Gasteiger partial charge in [-0.15, -0.1) is 0 Å². The van der Waals surface area contributed by atoms with E-state index in [4.69, 9.17) is 22.1 Å². The van der Waals surface area contributed by atoms with E-state index in [0.29, 0.717) is 29.6 Å². The molecule has 2 saturated heterocycles. The third kappa shape index (κ3) is 9.64. The molecule has 5 N–H and O–H groups in total. The fraction of sp³-hybridized carbons (Fsp3) is 0.536. The molecule has 41 heavy (non-hydrogen) atoms. The molecule has 0 spiro atoms. The molecule has 13 heteroatoms. The average Bonchev–Trinajstić information content (AvgIpc) is 3.38. The van der Waals surface area contributed by atoms with Crippen molar-refractivity contribution in [2.45, 2.75) is 63.4 Å². The van der Waals surface area contributed by atoms with Crippen molar-refractivity contribution >= 4 is 39.3 Å². The van der Waals surface area contributed by atoms with Crippen molar-refractivity contribution in [2.24, 2.45) is 5.92 Å². The zero-order chi connectivity index (χ0) is 29.4. The number of nitrogens with two attached hydrogens (primary N) is 1. The third-order valence-electron chi connectivity index (χ3n) is 7.54. The van der Waals surface area contributed by atoms with E-state index in [2.05, 4.69) is 20.3 Å². The Morgan fingerprint density at radius 3 is 2.54 bits per heavy atom. The summed E-state index contributed by atoms with van der Waals surface area (Å²) in [5.41, 5.74) is 7.33. The van der Waals surface area contributed by atoms with Crippen LogP contribution in [0.25, 0.3) is 0 Å². The van der Waals surface area contributed by atoms with Gasteiger partial charge >= 0.3 is 0 Å². The number of benzene rings is 1. The normalized spacial score (nSPS) is 20.6. The number of carbonyl (C=O) groups excluding carboxylic acids is 2. The summed E-state index contributed by atoms with van der Waals surface area (Å²) in [6.07, 6.45) is 5.53. The number of hydrogen-bond acceptors (Lipinski definition) is 8. The number of carbonyl (C=O) groups is 2. The van der Waals surface area contributed by atoms with Crippen LogP contribution in [0, 0.1) is 5.92 Å². The molecular weight excluding hydrogens is 568 g/mol. The van der Waals surface area contributed by atoms with Crippen LogP contribution in [0.4, 0.5) is 5.82 Å². The highest BCUT2D eigenvalue weighted by atomic mass is 35.5. The second kappa shape index (κ2) is 14.4. The van der Waals surface area contributed by atoms with Gasteiger partial charge in [0.15, 0.2) is 0 Å². The van der Waals surface area contributed by atoms with Gasteiger partial charge in [0, 0.05) is 30.7 Å². The zero-order valence-corrected chi connectivity index (χ0v) is 24.8. The van der Waals surface area contributed by atoms with E-state index in [1.807, 2.05) is 12.1 Å². The number of anilines is 1. The van der Waals surface area contributed by atoms with Crippen LogP contribution in [0.15, 0.2) is 42.6 Å². The van der Waals surface area contributed by atoms with Crippen molar-refractivity contribution < 1.29 is 22.7 Å². The molecule has 3 atom stereocenters. The third-order valence-corrected chi connectivity index (χ3v) is 8.50. The summed E-state index contributed by atoms with van der Waals surface area (Å²) in [5.74, 6) is 0.0252. The van der Waals surface area contributed by atoms with Gasteiger partial charge in [-0.2, -0.15) is 0 Å². The number of amides is 2. The van der Waals surface area contributed by atoms with Gasteiger partial charge in [-0.3, -0.25) is 9.59 Å². The quantitative estimate of drug-likeness (QED) is 0.285. The number of pyridine rings is 1. The van der Waals surface area contributed by atoms with E-state index in [0.717, 1.165) is 43.3 Å². The first-order valence-electron chi connectivity index (χ1n) is 13.9. The lowest BCUT2D eigenvalue weighted by Gasteiger charge is -2.29. The molecule has 11 nitrogen and oxygen atoms in total. The first kappa shape index (κ1) is 31.2. The van der Waals surface area contributed by atoms with Crippen molar-refractivity contribution in [1.82, 2.24) is 25.2 Å². The van der Waals surface area contributed by atoms with Gasteiger partial charge in [0.2, 0.25) is 21.8 Å². The molecule has 3 heterocycles. The number of halogens is 1. The molecule has 2 aliphatic heterocycles. The maximum atomic E-state index is 13.9. The van der Waals surface area contributed by atoms with Crippen molar-refractivity contribution in [3.8, 4) is 0 Å². The highest BCUT2D eigenvalue weighted by Crippen LogP contribution is 2.26. The van der Waals surface area contributed by atoms with Crippen LogP contribution in [0.2, 0.25) is 5.02 Å². The standard InChI is InChI=1S/C28H39ClN6O5S/c1-41(38,39)34-24(8-4-19-10-12-31-13-11-19)28(37)35-17-23(40-18-20-2-6-22(29)7-3-20)14-25(35)27(36)33-16-21-5-9-26(30)32-15-21/h2-3,5-7,9,15,19,23-25,31,34H,4,8,10-14,16-18H2,1H3,(H2,30,32)(H,33,36)/t23-,24-,25-/m1/s1. The van der Waals surface area contributed by atoms with Crippen LogP contribution < -0.4 is 21.1 Å². The predicted molar refractivity (Wildman–Crippen MR) is 157 cm³/mol. The summed E-state index contributed by atoms with van der Waals surface area (Å²) in [5, 5.41) is 6.83. The van der Waals surface area contributed by atoms with Crippen molar-refractivity contribution in [3.63, 3.8) is 0 Å². The Morgan fingerprint density at radius 2 is 1.88 bits per heavy atom. The molecule has 0 radical (unpaired) electrons. The maximum absolute atomic E-state index is 13.9. The summed E-state index contributed by atoms with van der Waals surface area (Å²) >= 11 is 5.99. The molecule has 2 aromatic rings. The van der Waals surface area contributed by atoms with Crippen LogP contribution >= 0.6 is 11.6 Å². The Kier molecular flexibility index (Phi) is 11.0. The molecule has 4 rings (SSSR count). The highest BCUT2D eigenvalue weighted by Gasteiger charge is 2.42.